The summed E-state index contributed by atoms with van der Waals surface area (Å²) in [5, 5.41) is 11.0. The Bertz CT molecular complexity index is 1270. The molecule has 3 aliphatic rings. The molecule has 194 valence electrons. The zero-order chi connectivity index (χ0) is 25.5. The number of likely N-dealkylation sites (tertiary alicyclic amines) is 1. The Kier molecular flexibility index (Phi) is 6.44. The van der Waals surface area contributed by atoms with E-state index in [0.717, 1.165) is 67.1 Å². The van der Waals surface area contributed by atoms with Gasteiger partial charge in [-0.1, -0.05) is 25.1 Å². The van der Waals surface area contributed by atoms with Crippen LogP contribution in [0.4, 0.5) is 19.4 Å². The molecule has 0 bridgehead atoms. The van der Waals surface area contributed by atoms with E-state index in [2.05, 4.69) is 22.5 Å². The van der Waals surface area contributed by atoms with Gasteiger partial charge in [0.25, 0.3) is 0 Å². The summed E-state index contributed by atoms with van der Waals surface area (Å²) in [4.78, 5) is 15.7. The molecular formula is C29H33F2N5O. The number of benzene rings is 2. The lowest BCUT2D eigenvalue weighted by atomic mass is 9.94. The molecule has 2 N–H and O–H groups in total. The van der Waals surface area contributed by atoms with Crippen LogP contribution in [0, 0.1) is 23.5 Å². The Labute approximate surface area is 216 Å². The molecule has 2 heterocycles. The quantitative estimate of drug-likeness (QED) is 0.460. The van der Waals surface area contributed by atoms with E-state index < -0.39 is 11.6 Å². The fourth-order valence-electron chi connectivity index (χ4n) is 6.08. The van der Waals surface area contributed by atoms with Crippen LogP contribution in [0.15, 0.2) is 48.5 Å². The summed E-state index contributed by atoms with van der Waals surface area (Å²) in [7, 11) is 0. The zero-order valence-electron chi connectivity index (χ0n) is 21.1. The maximum Gasteiger partial charge on any atom is 0.320 e. The van der Waals surface area contributed by atoms with Crippen LogP contribution < -0.4 is 10.6 Å². The minimum atomic E-state index is -0.592. The van der Waals surface area contributed by atoms with Gasteiger partial charge in [-0.15, -0.1) is 0 Å². The van der Waals surface area contributed by atoms with Crippen LogP contribution in [0.25, 0.3) is 5.69 Å². The number of urea groups is 1. The standard InChI is InChI=1S/C29H33F2N5O/c1-18-12-19(18)10-11-35-16-25(20-13-21(30)15-22(31)14-20)27(17-35)32-29(37)33-28-24-8-5-9-26(24)34-36(28)23-6-3-2-4-7-23/h2-4,6-7,13-15,18-19,25,27H,5,8-12,16-17H2,1H3,(H2,32,33,37)/t18?,19?,25-,27?/m0/s1. The van der Waals surface area contributed by atoms with Gasteiger partial charge in [0.2, 0.25) is 0 Å². The van der Waals surface area contributed by atoms with Crippen molar-refractivity contribution in [2.45, 2.75) is 51.0 Å². The molecule has 0 radical (unpaired) electrons. The number of anilines is 1. The number of fused-ring (bicyclic) bond motifs is 1. The predicted molar refractivity (Wildman–Crippen MR) is 139 cm³/mol. The second-order valence-corrected chi connectivity index (χ2v) is 10.9. The highest BCUT2D eigenvalue weighted by Gasteiger charge is 2.38. The Hall–Kier alpha value is -3.26. The van der Waals surface area contributed by atoms with Crippen molar-refractivity contribution in [1.82, 2.24) is 20.0 Å². The van der Waals surface area contributed by atoms with Gasteiger partial charge in [0, 0.05) is 30.6 Å². The Balaban J connectivity index is 1.21. The fourth-order valence-corrected chi connectivity index (χ4v) is 6.08. The molecule has 37 heavy (non-hydrogen) atoms. The van der Waals surface area contributed by atoms with E-state index >= 15 is 0 Å². The monoisotopic (exact) mass is 505 g/mol. The molecule has 2 aromatic carbocycles. The van der Waals surface area contributed by atoms with Crippen LogP contribution in [-0.4, -0.2) is 46.4 Å². The summed E-state index contributed by atoms with van der Waals surface area (Å²) in [6.07, 6.45) is 5.19. The lowest BCUT2D eigenvalue weighted by Crippen LogP contribution is -2.42. The minimum absolute atomic E-state index is 0.197. The van der Waals surface area contributed by atoms with Gasteiger partial charge < -0.3 is 10.2 Å². The van der Waals surface area contributed by atoms with Gasteiger partial charge in [-0.2, -0.15) is 5.10 Å². The molecule has 2 aliphatic carbocycles. The summed E-state index contributed by atoms with van der Waals surface area (Å²) in [6, 6.07) is 12.9. The van der Waals surface area contributed by atoms with Crippen molar-refractivity contribution in [3.63, 3.8) is 0 Å². The number of carbonyl (C=O) groups is 1. The SMILES string of the molecule is CC1CC1CCN1CC(NC(=O)Nc2c3c(nn2-c2ccccc2)CCC3)[C@H](c2cc(F)cc(F)c2)C1. The highest BCUT2D eigenvalue weighted by molar-refractivity contribution is 5.90. The molecule has 6 rings (SSSR count). The average molecular weight is 506 g/mol. The van der Waals surface area contributed by atoms with Crippen molar-refractivity contribution in [2.24, 2.45) is 11.8 Å². The van der Waals surface area contributed by atoms with E-state index in [-0.39, 0.29) is 18.0 Å². The molecule has 3 aromatic rings. The predicted octanol–water partition coefficient (Wildman–Crippen LogP) is 5.27. The van der Waals surface area contributed by atoms with Crippen LogP contribution >= 0.6 is 0 Å². The Morgan fingerprint density at radius 3 is 2.57 bits per heavy atom. The number of hydrogen-bond donors (Lipinski definition) is 2. The first-order chi connectivity index (χ1) is 17.9. The molecule has 1 aromatic heterocycles. The van der Waals surface area contributed by atoms with Gasteiger partial charge in [-0.25, -0.2) is 18.3 Å². The topological polar surface area (TPSA) is 62.2 Å². The lowest BCUT2D eigenvalue weighted by molar-refractivity contribution is 0.246. The van der Waals surface area contributed by atoms with Crippen molar-refractivity contribution in [3.8, 4) is 5.69 Å². The van der Waals surface area contributed by atoms with Crippen molar-refractivity contribution < 1.29 is 13.6 Å². The third-order valence-corrected chi connectivity index (χ3v) is 8.26. The molecule has 3 unspecified atom stereocenters. The normalized spacial score (nSPS) is 24.7. The summed E-state index contributed by atoms with van der Waals surface area (Å²) >= 11 is 0. The largest absolute Gasteiger partial charge is 0.333 e. The third kappa shape index (κ3) is 5.12. The smallest absolute Gasteiger partial charge is 0.320 e. The van der Waals surface area contributed by atoms with Crippen molar-refractivity contribution in [2.75, 3.05) is 25.0 Å². The molecule has 2 amide bonds. The van der Waals surface area contributed by atoms with Crippen LogP contribution in [0.1, 0.15) is 48.9 Å². The van der Waals surface area contributed by atoms with E-state index in [9.17, 15) is 13.6 Å². The van der Waals surface area contributed by atoms with E-state index in [4.69, 9.17) is 5.10 Å². The summed E-state index contributed by atoms with van der Waals surface area (Å²) < 4.78 is 30.0. The van der Waals surface area contributed by atoms with Crippen molar-refractivity contribution in [1.29, 1.82) is 0 Å². The maximum atomic E-state index is 14.1. The van der Waals surface area contributed by atoms with Crippen LogP contribution in [0.3, 0.4) is 0 Å². The molecule has 1 saturated heterocycles. The lowest BCUT2D eigenvalue weighted by Gasteiger charge is -2.21. The molecule has 4 atom stereocenters. The summed E-state index contributed by atoms with van der Waals surface area (Å²) in [5.74, 6) is 0.864. The molecule has 6 nitrogen and oxygen atoms in total. The first-order valence-electron chi connectivity index (χ1n) is 13.4. The fraction of sp³-hybridized carbons (Fsp3) is 0.448. The van der Waals surface area contributed by atoms with E-state index in [1.54, 1.807) is 4.68 Å². The third-order valence-electron chi connectivity index (χ3n) is 8.26. The highest BCUT2D eigenvalue weighted by Crippen LogP contribution is 2.41. The van der Waals surface area contributed by atoms with Crippen LogP contribution in [0.5, 0.6) is 0 Å². The highest BCUT2D eigenvalue weighted by atomic mass is 19.1. The van der Waals surface area contributed by atoms with Crippen LogP contribution in [0.2, 0.25) is 0 Å². The first kappa shape index (κ1) is 24.1. The van der Waals surface area contributed by atoms with Gasteiger partial charge in [0.05, 0.1) is 17.4 Å². The molecule has 2 fully saturated rings. The number of para-hydroxylation sites is 1. The second kappa shape index (κ2) is 9.89. The van der Waals surface area contributed by atoms with Gasteiger partial charge in [-0.3, -0.25) is 5.32 Å². The molecule has 8 heteroatoms. The molecular weight excluding hydrogens is 472 g/mol. The minimum Gasteiger partial charge on any atom is -0.333 e. The van der Waals surface area contributed by atoms with E-state index in [0.29, 0.717) is 24.5 Å². The number of halogens is 2. The molecule has 1 aliphatic heterocycles. The van der Waals surface area contributed by atoms with Crippen molar-refractivity contribution in [3.05, 3.63) is 77.0 Å². The summed E-state index contributed by atoms with van der Waals surface area (Å²) in [6.45, 7) is 4.51. The second-order valence-electron chi connectivity index (χ2n) is 10.9. The Morgan fingerprint density at radius 2 is 1.84 bits per heavy atom. The van der Waals surface area contributed by atoms with Gasteiger partial charge in [-0.05, 0) is 80.3 Å². The van der Waals surface area contributed by atoms with Crippen LogP contribution in [-0.2, 0) is 12.8 Å². The number of hydrogen-bond acceptors (Lipinski definition) is 3. The number of carbonyl (C=O) groups excluding carboxylic acids is 1. The van der Waals surface area contributed by atoms with Gasteiger partial charge in [0.15, 0.2) is 0 Å². The molecule has 0 spiro atoms. The Morgan fingerprint density at radius 1 is 1.08 bits per heavy atom. The number of nitrogens with one attached hydrogen (secondary N) is 2. The number of rotatable bonds is 7. The van der Waals surface area contributed by atoms with E-state index in [1.807, 2.05) is 30.3 Å². The van der Waals surface area contributed by atoms with Gasteiger partial charge in [0.1, 0.15) is 17.5 Å². The number of amides is 2. The number of aryl methyl sites for hydroxylation is 1. The maximum absolute atomic E-state index is 14.1. The summed E-state index contributed by atoms with van der Waals surface area (Å²) in [5.41, 5.74) is 3.57. The zero-order valence-corrected chi connectivity index (χ0v) is 21.1. The molecule has 1 saturated carbocycles. The first-order valence-corrected chi connectivity index (χ1v) is 13.4. The number of nitrogens with zero attached hydrogens (tertiary/aromatic N) is 3. The van der Waals surface area contributed by atoms with Gasteiger partial charge >= 0.3 is 6.03 Å². The van der Waals surface area contributed by atoms with E-state index in [1.165, 1.54) is 18.6 Å². The number of aromatic nitrogens is 2. The average Bonchev–Trinajstić information content (AvgIpc) is 3.20. The van der Waals surface area contributed by atoms with Crippen molar-refractivity contribution >= 4 is 11.8 Å².